The number of sulfonamides is 1. The molecule has 0 spiro atoms. The van der Waals surface area contributed by atoms with Crippen LogP contribution in [0.15, 0.2) is 47.4 Å². The van der Waals surface area contributed by atoms with Gasteiger partial charge in [-0.3, -0.25) is 19.8 Å². The van der Waals surface area contributed by atoms with Gasteiger partial charge in [0.05, 0.1) is 29.4 Å². The fraction of sp³-hybridized carbons (Fsp3) is 0.364. The summed E-state index contributed by atoms with van der Waals surface area (Å²) in [4.78, 5) is 36.4. The first kappa shape index (κ1) is 25.3. The maximum atomic E-state index is 15.0. The number of hydrogen-bond donors (Lipinski definition) is 1. The molecular weight excluding hydrogens is 497 g/mol. The van der Waals surface area contributed by atoms with Crippen molar-refractivity contribution in [2.24, 2.45) is 0 Å². The quantitative estimate of drug-likeness (QED) is 0.429. The van der Waals surface area contributed by atoms with Crippen molar-refractivity contribution < 1.29 is 32.1 Å². The summed E-state index contributed by atoms with van der Waals surface area (Å²) >= 11 is 0. The standard InChI is InChI=1S/C22H24FN5O7S/c1-15(29)24-13-17-14-27(22(30)35-17)16-6-7-19(18(23)12-16)25-8-10-26(11-9-25)36(33,34)21-5-3-2-4-20(21)28(31)32/h2-7,12,17H,8-11,13-14H2,1H3,(H,24,29)/t17-/m0/s1. The molecule has 0 unspecified atom stereocenters. The van der Waals surface area contributed by atoms with E-state index in [2.05, 4.69) is 5.32 Å². The van der Waals surface area contributed by atoms with Crippen LogP contribution in [0.3, 0.4) is 0 Å². The van der Waals surface area contributed by atoms with Crippen molar-refractivity contribution in [3.05, 3.63) is 58.4 Å². The topological polar surface area (TPSA) is 142 Å². The minimum atomic E-state index is -4.11. The van der Waals surface area contributed by atoms with Gasteiger partial charge in [0.1, 0.15) is 11.9 Å². The Balaban J connectivity index is 1.43. The van der Waals surface area contributed by atoms with Crippen LogP contribution >= 0.6 is 0 Å². The Kier molecular flexibility index (Phi) is 7.08. The number of anilines is 2. The number of para-hydroxylation sites is 1. The van der Waals surface area contributed by atoms with Gasteiger partial charge in [0.25, 0.3) is 5.69 Å². The maximum absolute atomic E-state index is 15.0. The Hall–Kier alpha value is -3.78. The van der Waals surface area contributed by atoms with E-state index in [1.165, 1.54) is 42.2 Å². The van der Waals surface area contributed by atoms with E-state index in [9.17, 15) is 28.1 Å². The predicted octanol–water partition coefficient (Wildman–Crippen LogP) is 1.71. The zero-order valence-electron chi connectivity index (χ0n) is 19.3. The fourth-order valence-corrected chi connectivity index (χ4v) is 5.73. The molecule has 12 nitrogen and oxygen atoms in total. The number of nitro groups is 1. The van der Waals surface area contributed by atoms with Gasteiger partial charge in [0.15, 0.2) is 4.90 Å². The van der Waals surface area contributed by atoms with Crippen LogP contribution in [0.4, 0.5) is 26.2 Å². The molecule has 2 heterocycles. The molecule has 192 valence electrons. The van der Waals surface area contributed by atoms with Gasteiger partial charge in [-0.05, 0) is 24.3 Å². The van der Waals surface area contributed by atoms with Crippen LogP contribution in [0, 0.1) is 15.9 Å². The highest BCUT2D eigenvalue weighted by molar-refractivity contribution is 7.89. The summed E-state index contributed by atoms with van der Waals surface area (Å²) in [7, 11) is -4.11. The molecule has 14 heteroatoms. The Morgan fingerprint density at radius 1 is 1.19 bits per heavy atom. The van der Waals surface area contributed by atoms with Crippen molar-refractivity contribution in [3.63, 3.8) is 0 Å². The molecule has 2 fully saturated rings. The molecule has 2 aliphatic rings. The second-order valence-corrected chi connectivity index (χ2v) is 10.2. The molecule has 0 aliphatic carbocycles. The average Bonchev–Trinajstić information content (AvgIpc) is 3.23. The number of nitro benzene ring substituents is 1. The molecule has 0 aromatic heterocycles. The van der Waals surface area contributed by atoms with Gasteiger partial charge in [0.2, 0.25) is 15.9 Å². The lowest BCUT2D eigenvalue weighted by atomic mass is 10.2. The van der Waals surface area contributed by atoms with E-state index in [0.29, 0.717) is 5.69 Å². The van der Waals surface area contributed by atoms with Gasteiger partial charge in [-0.2, -0.15) is 4.31 Å². The molecule has 0 radical (unpaired) electrons. The summed E-state index contributed by atoms with van der Waals surface area (Å²) in [5.74, 6) is -0.851. The lowest BCUT2D eigenvalue weighted by Crippen LogP contribution is -2.49. The fourth-order valence-electron chi connectivity index (χ4n) is 4.15. The molecule has 36 heavy (non-hydrogen) atoms. The minimum Gasteiger partial charge on any atom is -0.442 e. The van der Waals surface area contributed by atoms with Crippen LogP contribution in [-0.2, 0) is 19.6 Å². The van der Waals surface area contributed by atoms with Crippen LogP contribution in [-0.4, -0.2) is 75.0 Å². The highest BCUT2D eigenvalue weighted by Crippen LogP contribution is 2.30. The number of amides is 2. The van der Waals surface area contributed by atoms with E-state index in [1.54, 1.807) is 11.0 Å². The second-order valence-electron chi connectivity index (χ2n) is 8.31. The smallest absolute Gasteiger partial charge is 0.414 e. The summed E-state index contributed by atoms with van der Waals surface area (Å²) in [6.45, 7) is 2.01. The molecule has 1 N–H and O–H groups in total. The Morgan fingerprint density at radius 3 is 2.53 bits per heavy atom. The summed E-state index contributed by atoms with van der Waals surface area (Å²) in [6, 6.07) is 9.43. The summed E-state index contributed by atoms with van der Waals surface area (Å²) in [6.07, 6.45) is -1.20. The van der Waals surface area contributed by atoms with Gasteiger partial charge in [-0.15, -0.1) is 0 Å². The highest BCUT2D eigenvalue weighted by Gasteiger charge is 2.35. The third-order valence-corrected chi connectivity index (χ3v) is 7.90. The number of nitrogens with one attached hydrogen (secondary N) is 1. The largest absolute Gasteiger partial charge is 0.442 e. The van der Waals surface area contributed by atoms with Gasteiger partial charge in [0, 0.05) is 39.2 Å². The summed E-state index contributed by atoms with van der Waals surface area (Å²) in [5.41, 5.74) is 0.0364. The molecule has 2 saturated heterocycles. The first-order valence-electron chi connectivity index (χ1n) is 11.1. The Bertz CT molecular complexity index is 1300. The van der Waals surface area contributed by atoms with Crippen molar-refractivity contribution in [1.82, 2.24) is 9.62 Å². The Morgan fingerprint density at radius 2 is 1.89 bits per heavy atom. The number of hydrogen-bond acceptors (Lipinski definition) is 8. The van der Waals surface area contributed by atoms with E-state index in [-0.39, 0.29) is 55.8 Å². The molecule has 4 rings (SSSR count). The molecular formula is C22H24FN5O7S. The van der Waals surface area contributed by atoms with Crippen LogP contribution in [0.2, 0.25) is 0 Å². The zero-order valence-corrected chi connectivity index (χ0v) is 20.1. The normalized spacial score (nSPS) is 18.7. The van der Waals surface area contributed by atoms with E-state index >= 15 is 4.39 Å². The number of benzene rings is 2. The SMILES string of the molecule is CC(=O)NC[C@H]1CN(c2ccc(N3CCN(S(=O)(=O)c4ccccc4[N+](=O)[O-])CC3)c(F)c2)C(=O)O1. The minimum absolute atomic E-state index is 0.0128. The number of piperazine rings is 1. The third kappa shape index (κ3) is 5.09. The third-order valence-electron chi connectivity index (χ3n) is 5.95. The number of ether oxygens (including phenoxy) is 1. The molecule has 2 aliphatic heterocycles. The van der Waals surface area contributed by atoms with E-state index in [1.807, 2.05) is 0 Å². The number of carbonyl (C=O) groups is 2. The molecule has 2 aromatic carbocycles. The average molecular weight is 522 g/mol. The first-order chi connectivity index (χ1) is 17.1. The van der Waals surface area contributed by atoms with Gasteiger partial charge >= 0.3 is 6.09 Å². The van der Waals surface area contributed by atoms with E-state index < -0.39 is 38.6 Å². The first-order valence-corrected chi connectivity index (χ1v) is 12.5. The summed E-state index contributed by atoms with van der Waals surface area (Å²) < 4.78 is 47.4. The zero-order chi connectivity index (χ0) is 26.0. The number of rotatable bonds is 7. The lowest BCUT2D eigenvalue weighted by Gasteiger charge is -2.35. The van der Waals surface area contributed by atoms with Gasteiger partial charge in [-0.1, -0.05) is 12.1 Å². The molecule has 2 amide bonds. The Labute approximate surface area is 206 Å². The lowest BCUT2D eigenvalue weighted by molar-refractivity contribution is -0.387. The molecule has 1 atom stereocenters. The van der Waals surface area contributed by atoms with Gasteiger partial charge < -0.3 is 15.0 Å². The molecule has 0 bridgehead atoms. The van der Waals surface area contributed by atoms with E-state index in [0.717, 1.165) is 10.4 Å². The van der Waals surface area contributed by atoms with Crippen molar-refractivity contribution >= 4 is 39.1 Å². The van der Waals surface area contributed by atoms with Crippen molar-refractivity contribution in [1.29, 1.82) is 0 Å². The van der Waals surface area contributed by atoms with Crippen LogP contribution in [0.1, 0.15) is 6.92 Å². The maximum Gasteiger partial charge on any atom is 0.414 e. The van der Waals surface area contributed by atoms with E-state index in [4.69, 9.17) is 4.74 Å². The monoisotopic (exact) mass is 521 g/mol. The molecule has 2 aromatic rings. The van der Waals surface area contributed by atoms with Crippen molar-refractivity contribution in [3.8, 4) is 0 Å². The van der Waals surface area contributed by atoms with Crippen LogP contribution < -0.4 is 15.1 Å². The predicted molar refractivity (Wildman–Crippen MR) is 127 cm³/mol. The second kappa shape index (κ2) is 10.1. The number of halogens is 1. The highest BCUT2D eigenvalue weighted by atomic mass is 32.2. The van der Waals surface area contributed by atoms with Crippen molar-refractivity contribution in [2.75, 3.05) is 49.1 Å². The number of nitrogens with zero attached hydrogens (tertiary/aromatic N) is 4. The van der Waals surface area contributed by atoms with Gasteiger partial charge in [-0.25, -0.2) is 17.6 Å². The van der Waals surface area contributed by atoms with Crippen LogP contribution in [0.5, 0.6) is 0 Å². The van der Waals surface area contributed by atoms with Crippen LogP contribution in [0.25, 0.3) is 0 Å². The number of carbonyl (C=O) groups excluding carboxylic acids is 2. The molecule has 0 saturated carbocycles. The van der Waals surface area contributed by atoms with Crippen molar-refractivity contribution in [2.45, 2.75) is 17.9 Å². The number of cyclic esters (lactones) is 1. The summed E-state index contributed by atoms with van der Waals surface area (Å²) in [5, 5.41) is 13.8.